The molecular weight excluding hydrogens is 282 g/mol. The Morgan fingerprint density at radius 1 is 0.696 bits per heavy atom. The molecule has 1 atom stereocenters. The minimum atomic E-state index is -0.638. The number of rotatable bonds is 3. The lowest BCUT2D eigenvalue weighted by molar-refractivity contribution is 0.221. The van der Waals surface area contributed by atoms with Crippen LogP contribution >= 0.6 is 0 Å². The topological polar surface area (TPSA) is 36.0 Å². The van der Waals surface area contributed by atoms with Gasteiger partial charge in [0.05, 0.1) is 0 Å². The summed E-state index contributed by atoms with van der Waals surface area (Å²) in [6.07, 6.45) is 1.38. The molecule has 3 aromatic carbocycles. The van der Waals surface area contributed by atoms with Crippen molar-refractivity contribution in [2.24, 2.45) is 0 Å². The maximum atomic E-state index is 10.8. The Balaban J connectivity index is 1.88. The van der Waals surface area contributed by atoms with Gasteiger partial charge in [0.1, 0.15) is 6.10 Å². The standard InChI is InChI=1S/C21H17NO/c23-21(15-8-2-1-3-9-15)18-12-5-4-10-16(18)19-14-22-20-13-7-6-11-17(19)20/h1-14,21-23H. The van der Waals surface area contributed by atoms with E-state index in [-0.39, 0.29) is 0 Å². The molecule has 112 valence electrons. The van der Waals surface area contributed by atoms with E-state index < -0.39 is 6.10 Å². The number of nitrogens with one attached hydrogen (secondary N) is 1. The molecule has 4 rings (SSSR count). The van der Waals surface area contributed by atoms with Gasteiger partial charge in [-0.05, 0) is 22.8 Å². The Morgan fingerprint density at radius 3 is 2.26 bits per heavy atom. The third-order valence-electron chi connectivity index (χ3n) is 4.25. The zero-order valence-corrected chi connectivity index (χ0v) is 12.6. The van der Waals surface area contributed by atoms with Crippen LogP contribution in [0.4, 0.5) is 0 Å². The number of aliphatic hydroxyl groups is 1. The summed E-state index contributed by atoms with van der Waals surface area (Å²) in [4.78, 5) is 3.31. The zero-order chi connectivity index (χ0) is 15.6. The fourth-order valence-corrected chi connectivity index (χ4v) is 3.09. The maximum Gasteiger partial charge on any atom is 0.105 e. The molecule has 0 aliphatic rings. The Morgan fingerprint density at radius 2 is 1.39 bits per heavy atom. The predicted molar refractivity (Wildman–Crippen MR) is 94.2 cm³/mol. The number of fused-ring (bicyclic) bond motifs is 1. The zero-order valence-electron chi connectivity index (χ0n) is 12.6. The van der Waals surface area contributed by atoms with Gasteiger partial charge in [-0.3, -0.25) is 0 Å². The average molecular weight is 299 g/mol. The first-order chi connectivity index (χ1) is 11.3. The van der Waals surface area contributed by atoms with E-state index in [2.05, 4.69) is 23.2 Å². The molecule has 2 N–H and O–H groups in total. The normalized spacial score (nSPS) is 12.4. The summed E-state index contributed by atoms with van der Waals surface area (Å²) < 4.78 is 0. The summed E-state index contributed by atoms with van der Waals surface area (Å²) in [5, 5.41) is 12.0. The van der Waals surface area contributed by atoms with Crippen LogP contribution in [0, 0.1) is 0 Å². The van der Waals surface area contributed by atoms with Crippen molar-refractivity contribution in [3.8, 4) is 11.1 Å². The fraction of sp³-hybridized carbons (Fsp3) is 0.0476. The van der Waals surface area contributed by atoms with E-state index >= 15 is 0 Å². The van der Waals surface area contributed by atoms with E-state index in [1.165, 1.54) is 5.39 Å². The molecule has 0 spiro atoms. The van der Waals surface area contributed by atoms with Gasteiger partial charge in [0, 0.05) is 22.7 Å². The van der Waals surface area contributed by atoms with E-state index in [1.54, 1.807) is 0 Å². The number of benzene rings is 3. The molecule has 23 heavy (non-hydrogen) atoms. The summed E-state index contributed by atoms with van der Waals surface area (Å²) in [5.41, 5.74) is 5.10. The smallest absolute Gasteiger partial charge is 0.105 e. The summed E-state index contributed by atoms with van der Waals surface area (Å²) >= 11 is 0. The van der Waals surface area contributed by atoms with Crippen LogP contribution < -0.4 is 0 Å². The first kappa shape index (κ1) is 13.8. The molecule has 1 aromatic heterocycles. The first-order valence-electron chi connectivity index (χ1n) is 7.73. The van der Waals surface area contributed by atoms with Crippen molar-refractivity contribution in [1.82, 2.24) is 4.98 Å². The van der Waals surface area contributed by atoms with Crippen LogP contribution in [0.5, 0.6) is 0 Å². The molecule has 0 aliphatic carbocycles. The van der Waals surface area contributed by atoms with Gasteiger partial charge in [0.2, 0.25) is 0 Å². The SMILES string of the molecule is OC(c1ccccc1)c1ccccc1-c1c[nH]c2ccccc12. The van der Waals surface area contributed by atoms with Crippen LogP contribution in [0.2, 0.25) is 0 Å². The van der Waals surface area contributed by atoms with Crippen LogP contribution in [0.3, 0.4) is 0 Å². The van der Waals surface area contributed by atoms with Gasteiger partial charge < -0.3 is 10.1 Å². The number of H-pyrrole nitrogens is 1. The van der Waals surface area contributed by atoms with Gasteiger partial charge in [-0.1, -0.05) is 72.8 Å². The van der Waals surface area contributed by atoms with E-state index in [1.807, 2.05) is 66.9 Å². The molecule has 0 saturated heterocycles. The summed E-state index contributed by atoms with van der Waals surface area (Å²) in [5.74, 6) is 0. The number of hydrogen-bond acceptors (Lipinski definition) is 1. The summed E-state index contributed by atoms with van der Waals surface area (Å²) in [7, 11) is 0. The van der Waals surface area contributed by atoms with Crippen molar-refractivity contribution in [1.29, 1.82) is 0 Å². The molecule has 2 heteroatoms. The van der Waals surface area contributed by atoms with Crippen LogP contribution in [0.25, 0.3) is 22.0 Å². The number of hydrogen-bond donors (Lipinski definition) is 2. The van der Waals surface area contributed by atoms with Crippen LogP contribution in [-0.4, -0.2) is 10.1 Å². The Labute approximate surface area is 135 Å². The molecule has 1 heterocycles. The highest BCUT2D eigenvalue weighted by molar-refractivity contribution is 5.96. The van der Waals surface area contributed by atoms with Gasteiger partial charge in [0.15, 0.2) is 0 Å². The van der Waals surface area contributed by atoms with Crippen molar-refractivity contribution in [3.05, 3.63) is 96.2 Å². The second-order valence-corrected chi connectivity index (χ2v) is 5.65. The maximum absolute atomic E-state index is 10.8. The lowest BCUT2D eigenvalue weighted by atomic mass is 9.92. The largest absolute Gasteiger partial charge is 0.384 e. The highest BCUT2D eigenvalue weighted by atomic mass is 16.3. The molecule has 2 nitrogen and oxygen atoms in total. The van der Waals surface area contributed by atoms with Crippen molar-refractivity contribution in [2.45, 2.75) is 6.10 Å². The summed E-state index contributed by atoms with van der Waals surface area (Å²) in [6.45, 7) is 0. The Hall–Kier alpha value is -2.84. The second-order valence-electron chi connectivity index (χ2n) is 5.65. The third kappa shape index (κ3) is 2.43. The molecule has 0 amide bonds. The molecule has 0 radical (unpaired) electrons. The monoisotopic (exact) mass is 299 g/mol. The Kier molecular flexibility index (Phi) is 3.45. The molecule has 0 fully saturated rings. The third-order valence-corrected chi connectivity index (χ3v) is 4.25. The van der Waals surface area contributed by atoms with Gasteiger partial charge in [-0.25, -0.2) is 0 Å². The minimum absolute atomic E-state index is 0.638. The van der Waals surface area contributed by atoms with Gasteiger partial charge in [-0.2, -0.15) is 0 Å². The van der Waals surface area contributed by atoms with Crippen molar-refractivity contribution >= 4 is 10.9 Å². The molecule has 1 unspecified atom stereocenters. The Bertz CT molecular complexity index is 940. The molecule has 0 bridgehead atoms. The summed E-state index contributed by atoms with van der Waals surface area (Å²) in [6, 6.07) is 26.0. The van der Waals surface area contributed by atoms with E-state index in [0.29, 0.717) is 0 Å². The number of aliphatic hydroxyl groups excluding tert-OH is 1. The van der Waals surface area contributed by atoms with Crippen LogP contribution in [0.1, 0.15) is 17.2 Å². The fourth-order valence-electron chi connectivity index (χ4n) is 3.09. The van der Waals surface area contributed by atoms with E-state index in [9.17, 15) is 5.11 Å². The minimum Gasteiger partial charge on any atom is -0.384 e. The predicted octanol–water partition coefficient (Wildman–Crippen LogP) is 4.92. The first-order valence-corrected chi connectivity index (χ1v) is 7.73. The lowest BCUT2D eigenvalue weighted by Crippen LogP contribution is -2.01. The van der Waals surface area contributed by atoms with E-state index in [4.69, 9.17) is 0 Å². The van der Waals surface area contributed by atoms with Crippen molar-refractivity contribution in [3.63, 3.8) is 0 Å². The van der Waals surface area contributed by atoms with Crippen molar-refractivity contribution in [2.75, 3.05) is 0 Å². The van der Waals surface area contributed by atoms with Gasteiger partial charge in [-0.15, -0.1) is 0 Å². The number of aromatic amines is 1. The van der Waals surface area contributed by atoms with Gasteiger partial charge >= 0.3 is 0 Å². The molecule has 0 aliphatic heterocycles. The second kappa shape index (κ2) is 5.75. The molecule has 0 saturated carbocycles. The average Bonchev–Trinajstić information content (AvgIpc) is 3.06. The molecule has 4 aromatic rings. The van der Waals surface area contributed by atoms with Crippen LogP contribution in [-0.2, 0) is 0 Å². The van der Waals surface area contributed by atoms with Crippen molar-refractivity contribution < 1.29 is 5.11 Å². The quantitative estimate of drug-likeness (QED) is 0.553. The number of aromatic nitrogens is 1. The van der Waals surface area contributed by atoms with E-state index in [0.717, 1.165) is 27.8 Å². The highest BCUT2D eigenvalue weighted by Crippen LogP contribution is 2.35. The number of para-hydroxylation sites is 1. The lowest BCUT2D eigenvalue weighted by Gasteiger charge is -2.16. The van der Waals surface area contributed by atoms with Gasteiger partial charge in [0.25, 0.3) is 0 Å². The van der Waals surface area contributed by atoms with Crippen LogP contribution in [0.15, 0.2) is 85.1 Å². The highest BCUT2D eigenvalue weighted by Gasteiger charge is 2.16. The molecular formula is C21H17NO.